The van der Waals surface area contributed by atoms with Gasteiger partial charge in [-0.05, 0) is 49.2 Å². The molecule has 2 rings (SSSR count). The van der Waals surface area contributed by atoms with E-state index in [4.69, 9.17) is 32.7 Å². The molecule has 0 aliphatic carbocycles. The first-order valence-electron chi connectivity index (χ1n) is 9.90. The molecule has 0 heterocycles. The van der Waals surface area contributed by atoms with Crippen molar-refractivity contribution in [3.8, 4) is 11.5 Å². The van der Waals surface area contributed by atoms with E-state index >= 15 is 0 Å². The Bertz CT molecular complexity index is 726. The normalized spacial score (nSPS) is 13.1. The average molecular weight is 457 g/mol. The van der Waals surface area contributed by atoms with Gasteiger partial charge in [0.25, 0.3) is 0 Å². The van der Waals surface area contributed by atoms with Crippen molar-refractivity contribution < 1.29 is 19.7 Å². The lowest BCUT2D eigenvalue weighted by atomic mass is 10.2. The summed E-state index contributed by atoms with van der Waals surface area (Å²) in [6.07, 6.45) is -1.31. The molecule has 2 aromatic rings. The summed E-state index contributed by atoms with van der Waals surface area (Å²) in [6.45, 7) is 6.27. The van der Waals surface area contributed by atoms with Gasteiger partial charge in [-0.15, -0.1) is 0 Å². The van der Waals surface area contributed by atoms with Crippen LogP contribution in [0.1, 0.15) is 11.1 Å². The van der Waals surface area contributed by atoms with Gasteiger partial charge in [-0.1, -0.05) is 35.3 Å². The van der Waals surface area contributed by atoms with E-state index < -0.39 is 12.2 Å². The highest BCUT2D eigenvalue weighted by molar-refractivity contribution is 6.32. The van der Waals surface area contributed by atoms with Crippen LogP contribution in [0.15, 0.2) is 36.4 Å². The number of hydrogen-bond acceptors (Lipinski definition) is 6. The van der Waals surface area contributed by atoms with Gasteiger partial charge in [0.2, 0.25) is 0 Å². The molecule has 0 aromatic heterocycles. The van der Waals surface area contributed by atoms with Gasteiger partial charge in [-0.25, -0.2) is 0 Å². The third-order valence-electron chi connectivity index (χ3n) is 4.27. The molecule has 0 amide bonds. The fourth-order valence-corrected chi connectivity index (χ4v) is 2.99. The van der Waals surface area contributed by atoms with Crippen LogP contribution in [0.4, 0.5) is 0 Å². The molecule has 0 fully saturated rings. The summed E-state index contributed by atoms with van der Waals surface area (Å²) < 4.78 is 11.1. The van der Waals surface area contributed by atoms with Crippen molar-refractivity contribution in [2.45, 2.75) is 26.1 Å². The van der Waals surface area contributed by atoms with E-state index in [0.29, 0.717) is 47.7 Å². The van der Waals surface area contributed by atoms with Crippen LogP contribution >= 0.6 is 23.2 Å². The molecule has 0 spiro atoms. The quantitative estimate of drug-likeness (QED) is 0.347. The summed E-state index contributed by atoms with van der Waals surface area (Å²) in [5.74, 6) is 1.14. The summed E-state index contributed by atoms with van der Waals surface area (Å²) >= 11 is 12.1. The summed E-state index contributed by atoms with van der Waals surface area (Å²) in [4.78, 5) is 0. The average Bonchev–Trinajstić information content (AvgIpc) is 2.71. The lowest BCUT2D eigenvalue weighted by Crippen LogP contribution is -2.38. The van der Waals surface area contributed by atoms with E-state index in [0.717, 1.165) is 11.1 Å². The Morgan fingerprint density at radius 1 is 0.767 bits per heavy atom. The first-order chi connectivity index (χ1) is 14.3. The number of aryl methyl sites for hydroxylation is 2. The van der Waals surface area contributed by atoms with Gasteiger partial charge in [0.05, 0.1) is 10.0 Å². The summed E-state index contributed by atoms with van der Waals surface area (Å²) in [6, 6.07) is 11.0. The van der Waals surface area contributed by atoms with Gasteiger partial charge >= 0.3 is 0 Å². The molecule has 0 aliphatic heterocycles. The van der Waals surface area contributed by atoms with E-state index in [-0.39, 0.29) is 13.2 Å². The topological polar surface area (TPSA) is 83.0 Å². The minimum absolute atomic E-state index is 0.154. The first kappa shape index (κ1) is 24.7. The van der Waals surface area contributed by atoms with Gasteiger partial charge in [-0.3, -0.25) is 0 Å². The van der Waals surface area contributed by atoms with Crippen LogP contribution in [-0.2, 0) is 0 Å². The molecule has 6 nitrogen and oxygen atoms in total. The second kappa shape index (κ2) is 13.0. The number of benzene rings is 2. The van der Waals surface area contributed by atoms with Gasteiger partial charge in [0.1, 0.15) is 36.9 Å². The van der Waals surface area contributed by atoms with Crippen molar-refractivity contribution in [3.05, 3.63) is 57.6 Å². The number of halogens is 2. The standard InChI is InChI=1S/C22H30Cl2N2O4/c1-15-3-5-19(23)21(9-15)29-13-17(27)11-25-7-8-26-12-18(28)14-30-22-10-16(2)4-6-20(22)24/h3-6,9-10,17-18,25-28H,7-8,11-14H2,1-2H3. The smallest absolute Gasteiger partial charge is 0.138 e. The maximum atomic E-state index is 10.0. The van der Waals surface area contributed by atoms with Crippen LogP contribution in [0.5, 0.6) is 11.5 Å². The second-order valence-corrected chi connectivity index (χ2v) is 8.02. The summed E-state index contributed by atoms with van der Waals surface area (Å²) in [5, 5.41) is 27.4. The van der Waals surface area contributed by atoms with Crippen LogP contribution in [0.25, 0.3) is 0 Å². The zero-order valence-electron chi connectivity index (χ0n) is 17.3. The third-order valence-corrected chi connectivity index (χ3v) is 4.90. The van der Waals surface area contributed by atoms with Crippen LogP contribution in [0.3, 0.4) is 0 Å². The zero-order valence-corrected chi connectivity index (χ0v) is 18.8. The maximum Gasteiger partial charge on any atom is 0.138 e. The molecule has 0 saturated heterocycles. The maximum absolute atomic E-state index is 10.0. The van der Waals surface area contributed by atoms with E-state index in [1.54, 1.807) is 12.1 Å². The largest absolute Gasteiger partial charge is 0.489 e. The van der Waals surface area contributed by atoms with Gasteiger partial charge in [0, 0.05) is 26.2 Å². The Balaban J connectivity index is 1.52. The molecule has 4 N–H and O–H groups in total. The van der Waals surface area contributed by atoms with Crippen molar-refractivity contribution in [1.29, 1.82) is 0 Å². The molecule has 30 heavy (non-hydrogen) atoms. The third kappa shape index (κ3) is 9.08. The molecular weight excluding hydrogens is 427 g/mol. The summed E-state index contributed by atoms with van der Waals surface area (Å²) in [5.41, 5.74) is 2.09. The molecule has 2 unspecified atom stereocenters. The van der Waals surface area contributed by atoms with Crippen molar-refractivity contribution in [2.75, 3.05) is 39.4 Å². The van der Waals surface area contributed by atoms with Crippen molar-refractivity contribution in [2.24, 2.45) is 0 Å². The fourth-order valence-electron chi connectivity index (χ4n) is 2.65. The Kier molecular flexibility index (Phi) is 10.7. The van der Waals surface area contributed by atoms with Crippen molar-refractivity contribution in [1.82, 2.24) is 10.6 Å². The van der Waals surface area contributed by atoms with Crippen LogP contribution in [0.2, 0.25) is 10.0 Å². The molecule has 0 radical (unpaired) electrons. The minimum Gasteiger partial charge on any atom is -0.489 e. The van der Waals surface area contributed by atoms with E-state index in [1.807, 2.05) is 38.1 Å². The van der Waals surface area contributed by atoms with Crippen molar-refractivity contribution in [3.63, 3.8) is 0 Å². The van der Waals surface area contributed by atoms with Gasteiger partial charge < -0.3 is 30.3 Å². The Morgan fingerprint density at radius 2 is 1.17 bits per heavy atom. The minimum atomic E-state index is -0.653. The molecule has 0 aliphatic rings. The van der Waals surface area contributed by atoms with Crippen molar-refractivity contribution >= 4 is 23.2 Å². The Hall–Kier alpha value is -1.54. The molecule has 0 saturated carbocycles. The van der Waals surface area contributed by atoms with Crippen LogP contribution in [0, 0.1) is 13.8 Å². The fraction of sp³-hybridized carbons (Fsp3) is 0.455. The van der Waals surface area contributed by atoms with E-state index in [1.165, 1.54) is 0 Å². The Morgan fingerprint density at radius 3 is 1.57 bits per heavy atom. The Labute approximate surface area is 188 Å². The number of aliphatic hydroxyl groups is 2. The monoisotopic (exact) mass is 456 g/mol. The predicted octanol–water partition coefficient (Wildman–Crippen LogP) is 2.97. The van der Waals surface area contributed by atoms with Gasteiger partial charge in [-0.2, -0.15) is 0 Å². The molecular formula is C22H30Cl2N2O4. The van der Waals surface area contributed by atoms with Gasteiger partial charge in [0.15, 0.2) is 0 Å². The predicted molar refractivity (Wildman–Crippen MR) is 121 cm³/mol. The molecule has 2 atom stereocenters. The highest BCUT2D eigenvalue weighted by Gasteiger charge is 2.09. The molecule has 2 aromatic carbocycles. The van der Waals surface area contributed by atoms with Crippen LogP contribution < -0.4 is 20.1 Å². The number of ether oxygens (including phenoxy) is 2. The number of hydrogen-bond donors (Lipinski definition) is 4. The highest BCUT2D eigenvalue weighted by Crippen LogP contribution is 2.26. The SMILES string of the molecule is Cc1ccc(Cl)c(OCC(O)CNCCNCC(O)COc2cc(C)ccc2Cl)c1. The lowest BCUT2D eigenvalue weighted by molar-refractivity contribution is 0.103. The van der Waals surface area contributed by atoms with Crippen LogP contribution in [-0.4, -0.2) is 61.8 Å². The summed E-state index contributed by atoms with van der Waals surface area (Å²) in [7, 11) is 0. The van der Waals surface area contributed by atoms with E-state index in [9.17, 15) is 10.2 Å². The number of nitrogens with one attached hydrogen (secondary N) is 2. The highest BCUT2D eigenvalue weighted by atomic mass is 35.5. The molecule has 166 valence electrons. The number of aliphatic hydroxyl groups excluding tert-OH is 2. The van der Waals surface area contributed by atoms with E-state index in [2.05, 4.69) is 10.6 Å². The zero-order chi connectivity index (χ0) is 21.9. The lowest BCUT2D eigenvalue weighted by Gasteiger charge is -2.16. The second-order valence-electron chi connectivity index (χ2n) is 7.21. The first-order valence-corrected chi connectivity index (χ1v) is 10.7. The molecule has 0 bridgehead atoms. The number of rotatable bonds is 13. The molecule has 8 heteroatoms.